The van der Waals surface area contributed by atoms with Crippen molar-refractivity contribution in [1.82, 2.24) is 9.97 Å². The summed E-state index contributed by atoms with van der Waals surface area (Å²) in [4.78, 5) is 40.6. The second-order valence-corrected chi connectivity index (χ2v) is 5.31. The number of carbonyl (C=O) groups is 1. The first-order chi connectivity index (χ1) is 10.7. The van der Waals surface area contributed by atoms with Crippen LogP contribution >= 0.6 is 0 Å². The van der Waals surface area contributed by atoms with Crippen molar-refractivity contribution < 1.29 is 4.79 Å². The zero-order chi connectivity index (χ0) is 15.8. The zero-order valence-corrected chi connectivity index (χ0v) is 12.4. The molecule has 2 heterocycles. The average molecular weight is 300 g/mol. The minimum absolute atomic E-state index is 0.00880. The second-order valence-electron chi connectivity index (χ2n) is 5.31. The molecular weight excluding hydrogens is 280 g/mol. The molecule has 0 aliphatic heterocycles. The Bertz CT molecular complexity index is 669. The molecule has 0 radical (unpaired) electrons. The van der Waals surface area contributed by atoms with E-state index in [0.29, 0.717) is 49.7 Å². The van der Waals surface area contributed by atoms with E-state index in [4.69, 9.17) is 0 Å². The molecule has 2 rings (SSSR count). The normalized spacial score (nSPS) is 10.5. The molecule has 0 saturated heterocycles. The summed E-state index contributed by atoms with van der Waals surface area (Å²) in [5, 5.41) is 0. The van der Waals surface area contributed by atoms with Crippen LogP contribution < -0.4 is 10.9 Å². The monoisotopic (exact) mass is 300 g/mol. The number of ketones is 1. The van der Waals surface area contributed by atoms with Crippen molar-refractivity contribution in [3.8, 4) is 0 Å². The molecule has 5 heteroatoms. The molecule has 0 bridgehead atoms. The number of H-pyrrole nitrogens is 2. The van der Waals surface area contributed by atoms with Crippen molar-refractivity contribution in [2.75, 3.05) is 0 Å². The summed E-state index contributed by atoms with van der Waals surface area (Å²) in [6.45, 7) is 0. The third-order valence-electron chi connectivity index (χ3n) is 3.61. The van der Waals surface area contributed by atoms with Gasteiger partial charge in [0.1, 0.15) is 5.78 Å². The van der Waals surface area contributed by atoms with Crippen molar-refractivity contribution in [2.24, 2.45) is 0 Å². The minimum Gasteiger partial charge on any atom is -0.367 e. The van der Waals surface area contributed by atoms with Crippen LogP contribution in [0, 0.1) is 0 Å². The Morgan fingerprint density at radius 3 is 1.68 bits per heavy atom. The fourth-order valence-electron chi connectivity index (χ4n) is 2.37. The standard InChI is InChI=1S/C17H20N2O3/c20-15(5-1-3-13-11-18-9-7-16(13)21)6-2-4-14-12-19-10-8-17(14)22/h7-12H,1-6H2,(H,18,21)(H,19,22). The van der Waals surface area contributed by atoms with E-state index < -0.39 is 0 Å². The molecular formula is C17H20N2O3. The van der Waals surface area contributed by atoms with Crippen LogP contribution in [0.1, 0.15) is 36.8 Å². The van der Waals surface area contributed by atoms with Crippen LogP contribution in [0.5, 0.6) is 0 Å². The molecule has 0 unspecified atom stereocenters. The van der Waals surface area contributed by atoms with Crippen molar-refractivity contribution in [2.45, 2.75) is 38.5 Å². The lowest BCUT2D eigenvalue weighted by Gasteiger charge is -2.02. The van der Waals surface area contributed by atoms with Gasteiger partial charge in [-0.1, -0.05) is 0 Å². The third kappa shape index (κ3) is 4.84. The molecule has 0 amide bonds. The van der Waals surface area contributed by atoms with E-state index in [0.717, 1.165) is 0 Å². The second kappa shape index (κ2) is 8.12. The number of aryl methyl sites for hydroxylation is 2. The third-order valence-corrected chi connectivity index (χ3v) is 3.61. The Balaban J connectivity index is 1.68. The van der Waals surface area contributed by atoms with Crippen molar-refractivity contribution in [3.63, 3.8) is 0 Å². The largest absolute Gasteiger partial charge is 0.367 e. The molecule has 0 spiro atoms. The van der Waals surface area contributed by atoms with Gasteiger partial charge >= 0.3 is 0 Å². The average Bonchev–Trinajstić information content (AvgIpc) is 2.51. The van der Waals surface area contributed by atoms with Gasteiger partial charge in [0.2, 0.25) is 0 Å². The van der Waals surface area contributed by atoms with Crippen molar-refractivity contribution >= 4 is 5.78 Å². The maximum atomic E-state index is 11.8. The number of carbonyl (C=O) groups excluding carboxylic acids is 1. The summed E-state index contributed by atoms with van der Waals surface area (Å²) in [5.74, 6) is 0.180. The first-order valence-corrected chi connectivity index (χ1v) is 7.50. The molecule has 5 nitrogen and oxygen atoms in total. The topological polar surface area (TPSA) is 82.8 Å². The van der Waals surface area contributed by atoms with Gasteiger partial charge in [-0.2, -0.15) is 0 Å². The molecule has 0 aromatic carbocycles. The van der Waals surface area contributed by atoms with E-state index >= 15 is 0 Å². The maximum absolute atomic E-state index is 11.8. The van der Waals surface area contributed by atoms with Crippen LogP contribution in [0.15, 0.2) is 46.5 Å². The Hall–Kier alpha value is -2.43. The fraction of sp³-hybridized carbons (Fsp3) is 0.353. The number of hydrogen-bond donors (Lipinski definition) is 2. The van der Waals surface area contributed by atoms with E-state index in [1.807, 2.05) is 0 Å². The highest BCUT2D eigenvalue weighted by atomic mass is 16.1. The summed E-state index contributed by atoms with van der Waals surface area (Å²) in [6.07, 6.45) is 10.1. The predicted molar refractivity (Wildman–Crippen MR) is 85.0 cm³/mol. The van der Waals surface area contributed by atoms with Crippen LogP contribution in [-0.2, 0) is 17.6 Å². The van der Waals surface area contributed by atoms with Crippen LogP contribution in [-0.4, -0.2) is 15.8 Å². The molecule has 0 aliphatic carbocycles. The van der Waals surface area contributed by atoms with E-state index in [9.17, 15) is 14.4 Å². The van der Waals surface area contributed by atoms with Gasteiger partial charge in [-0.05, 0) is 25.7 Å². The molecule has 22 heavy (non-hydrogen) atoms. The minimum atomic E-state index is 0.00880. The summed E-state index contributed by atoms with van der Waals surface area (Å²) in [5.41, 5.74) is 1.45. The van der Waals surface area contributed by atoms with Crippen LogP contribution in [0.4, 0.5) is 0 Å². The van der Waals surface area contributed by atoms with Gasteiger partial charge in [0.25, 0.3) is 0 Å². The Labute approximate surface area is 128 Å². The molecule has 116 valence electrons. The lowest BCUT2D eigenvalue weighted by molar-refractivity contribution is -0.119. The van der Waals surface area contributed by atoms with Gasteiger partial charge in [-0.25, -0.2) is 0 Å². The number of aromatic amines is 2. The quantitative estimate of drug-likeness (QED) is 0.782. The van der Waals surface area contributed by atoms with E-state index in [2.05, 4.69) is 9.97 Å². The number of aromatic nitrogens is 2. The molecule has 2 aromatic rings. The van der Waals surface area contributed by atoms with Gasteiger partial charge in [-0.15, -0.1) is 0 Å². The molecule has 2 N–H and O–H groups in total. The van der Waals surface area contributed by atoms with E-state index in [-0.39, 0.29) is 16.6 Å². The number of Topliss-reactive ketones (excluding diaryl/α,β-unsaturated/α-hetero) is 1. The highest BCUT2D eigenvalue weighted by molar-refractivity contribution is 5.78. The van der Waals surface area contributed by atoms with E-state index in [1.165, 1.54) is 12.1 Å². The number of nitrogens with one attached hydrogen (secondary N) is 2. The number of hydrogen-bond acceptors (Lipinski definition) is 3. The van der Waals surface area contributed by atoms with Gasteiger partial charge in [-0.3, -0.25) is 14.4 Å². The van der Waals surface area contributed by atoms with Crippen molar-refractivity contribution in [3.05, 3.63) is 68.5 Å². The molecule has 2 aromatic heterocycles. The van der Waals surface area contributed by atoms with Gasteiger partial charge in [0.15, 0.2) is 10.9 Å². The first kappa shape index (κ1) is 15.9. The molecule has 0 fully saturated rings. The Kier molecular flexibility index (Phi) is 5.89. The number of rotatable bonds is 8. The SMILES string of the molecule is O=C(CCCc1c[nH]ccc1=O)CCCc1c[nH]ccc1=O. The lowest BCUT2D eigenvalue weighted by atomic mass is 10.0. The Morgan fingerprint density at radius 2 is 1.27 bits per heavy atom. The molecule has 0 atom stereocenters. The zero-order valence-electron chi connectivity index (χ0n) is 12.4. The van der Waals surface area contributed by atoms with E-state index in [1.54, 1.807) is 24.8 Å². The Morgan fingerprint density at radius 1 is 0.818 bits per heavy atom. The summed E-state index contributed by atoms with van der Waals surface area (Å²) in [7, 11) is 0. The highest BCUT2D eigenvalue weighted by Crippen LogP contribution is 2.05. The summed E-state index contributed by atoms with van der Waals surface area (Å²) >= 11 is 0. The van der Waals surface area contributed by atoms with Crippen LogP contribution in [0.2, 0.25) is 0 Å². The predicted octanol–water partition coefficient (Wildman–Crippen LogP) is 1.98. The van der Waals surface area contributed by atoms with Gasteiger partial charge in [0, 0.05) is 60.9 Å². The van der Waals surface area contributed by atoms with Crippen LogP contribution in [0.25, 0.3) is 0 Å². The summed E-state index contributed by atoms with van der Waals surface area (Å²) in [6, 6.07) is 2.99. The molecule has 0 aliphatic rings. The maximum Gasteiger partial charge on any atom is 0.184 e. The molecule has 0 saturated carbocycles. The summed E-state index contributed by atoms with van der Waals surface area (Å²) < 4.78 is 0. The van der Waals surface area contributed by atoms with Crippen molar-refractivity contribution in [1.29, 1.82) is 0 Å². The van der Waals surface area contributed by atoms with Gasteiger partial charge < -0.3 is 9.97 Å². The lowest BCUT2D eigenvalue weighted by Crippen LogP contribution is -2.09. The fourth-order valence-corrected chi connectivity index (χ4v) is 2.37. The first-order valence-electron chi connectivity index (χ1n) is 7.50. The smallest absolute Gasteiger partial charge is 0.184 e. The highest BCUT2D eigenvalue weighted by Gasteiger charge is 2.05. The number of pyridine rings is 2. The van der Waals surface area contributed by atoms with Gasteiger partial charge in [0.05, 0.1) is 0 Å². The van der Waals surface area contributed by atoms with Crippen LogP contribution in [0.3, 0.4) is 0 Å².